The largest absolute Gasteiger partial charge is 0.309 e. The number of hydrogen-bond donors (Lipinski definition) is 0. The standard InChI is InChI=1S/C17H21N/c1-14(13-18(2)3)15-9-11-17(12-10-15)16-7-5-4-6-8-16/h4-12,14H,13H2,1-3H3. The van der Waals surface area contributed by atoms with Crippen molar-refractivity contribution in [3.05, 3.63) is 60.2 Å². The third-order valence-electron chi connectivity index (χ3n) is 3.23. The molecule has 0 aliphatic carbocycles. The molecule has 1 nitrogen and oxygen atoms in total. The Labute approximate surface area is 110 Å². The predicted octanol–water partition coefficient (Wildman–Crippen LogP) is 4.02. The lowest BCUT2D eigenvalue weighted by atomic mass is 9.97. The molecule has 0 spiro atoms. The highest BCUT2D eigenvalue weighted by atomic mass is 15.1. The van der Waals surface area contributed by atoms with Crippen molar-refractivity contribution in [1.82, 2.24) is 4.90 Å². The molecule has 0 heterocycles. The van der Waals surface area contributed by atoms with Gasteiger partial charge in [0.15, 0.2) is 0 Å². The number of benzene rings is 2. The van der Waals surface area contributed by atoms with Crippen LogP contribution in [0.4, 0.5) is 0 Å². The quantitative estimate of drug-likeness (QED) is 0.779. The van der Waals surface area contributed by atoms with Gasteiger partial charge in [0.2, 0.25) is 0 Å². The van der Waals surface area contributed by atoms with Crippen molar-refractivity contribution in [2.45, 2.75) is 12.8 Å². The summed E-state index contributed by atoms with van der Waals surface area (Å²) in [6, 6.07) is 19.4. The molecule has 1 atom stereocenters. The number of hydrogen-bond acceptors (Lipinski definition) is 1. The molecule has 18 heavy (non-hydrogen) atoms. The van der Waals surface area contributed by atoms with E-state index in [4.69, 9.17) is 0 Å². The van der Waals surface area contributed by atoms with Crippen LogP contribution in [0.3, 0.4) is 0 Å². The summed E-state index contributed by atoms with van der Waals surface area (Å²) in [5.74, 6) is 0.574. The van der Waals surface area contributed by atoms with Gasteiger partial charge in [0.05, 0.1) is 0 Å². The molecule has 0 aromatic heterocycles. The zero-order chi connectivity index (χ0) is 13.0. The van der Waals surface area contributed by atoms with Gasteiger partial charge >= 0.3 is 0 Å². The summed E-state index contributed by atoms with van der Waals surface area (Å²) >= 11 is 0. The van der Waals surface area contributed by atoms with E-state index in [9.17, 15) is 0 Å². The van der Waals surface area contributed by atoms with Crippen LogP contribution < -0.4 is 0 Å². The highest BCUT2D eigenvalue weighted by molar-refractivity contribution is 5.63. The topological polar surface area (TPSA) is 3.24 Å². The Hall–Kier alpha value is -1.60. The maximum atomic E-state index is 2.28. The molecule has 0 aliphatic heterocycles. The molecule has 2 rings (SSSR count). The Morgan fingerprint density at radius 1 is 0.833 bits per heavy atom. The molecule has 0 aliphatic rings. The number of rotatable bonds is 4. The average Bonchev–Trinajstić information content (AvgIpc) is 2.39. The van der Waals surface area contributed by atoms with E-state index >= 15 is 0 Å². The van der Waals surface area contributed by atoms with E-state index in [-0.39, 0.29) is 0 Å². The molecular weight excluding hydrogens is 218 g/mol. The third-order valence-corrected chi connectivity index (χ3v) is 3.23. The summed E-state index contributed by atoms with van der Waals surface area (Å²) in [6.07, 6.45) is 0. The van der Waals surface area contributed by atoms with E-state index in [1.807, 2.05) is 0 Å². The molecule has 0 saturated heterocycles. The summed E-state index contributed by atoms with van der Waals surface area (Å²) in [6.45, 7) is 3.36. The second-order valence-electron chi connectivity index (χ2n) is 5.15. The van der Waals surface area contributed by atoms with E-state index in [0.717, 1.165) is 6.54 Å². The van der Waals surface area contributed by atoms with Gasteiger partial charge in [-0.3, -0.25) is 0 Å². The van der Waals surface area contributed by atoms with Crippen molar-refractivity contribution >= 4 is 0 Å². The zero-order valence-electron chi connectivity index (χ0n) is 11.4. The lowest BCUT2D eigenvalue weighted by Crippen LogP contribution is -2.18. The molecule has 0 radical (unpaired) electrons. The van der Waals surface area contributed by atoms with Crippen molar-refractivity contribution in [3.63, 3.8) is 0 Å². The summed E-state index contributed by atoms with van der Waals surface area (Å²) < 4.78 is 0. The van der Waals surface area contributed by atoms with Gasteiger partial charge < -0.3 is 4.90 Å². The first-order chi connectivity index (χ1) is 8.66. The minimum atomic E-state index is 0.574. The zero-order valence-corrected chi connectivity index (χ0v) is 11.4. The van der Waals surface area contributed by atoms with E-state index < -0.39 is 0 Å². The van der Waals surface area contributed by atoms with Gasteiger partial charge in [0, 0.05) is 6.54 Å². The van der Waals surface area contributed by atoms with Crippen LogP contribution in [0.1, 0.15) is 18.4 Å². The minimum Gasteiger partial charge on any atom is -0.309 e. The highest BCUT2D eigenvalue weighted by Gasteiger charge is 2.06. The lowest BCUT2D eigenvalue weighted by molar-refractivity contribution is 0.383. The average molecular weight is 239 g/mol. The minimum absolute atomic E-state index is 0.574. The van der Waals surface area contributed by atoms with Crippen LogP contribution in [0.25, 0.3) is 11.1 Å². The first kappa shape index (κ1) is 12.8. The molecule has 1 unspecified atom stereocenters. The van der Waals surface area contributed by atoms with Crippen molar-refractivity contribution in [2.75, 3.05) is 20.6 Å². The smallest absolute Gasteiger partial charge is 0.00415 e. The lowest BCUT2D eigenvalue weighted by Gasteiger charge is -2.17. The Morgan fingerprint density at radius 3 is 1.94 bits per heavy atom. The van der Waals surface area contributed by atoms with Crippen LogP contribution in [0.5, 0.6) is 0 Å². The van der Waals surface area contributed by atoms with Crippen molar-refractivity contribution in [1.29, 1.82) is 0 Å². The molecule has 2 aromatic carbocycles. The molecule has 94 valence electrons. The monoisotopic (exact) mass is 239 g/mol. The van der Waals surface area contributed by atoms with Gasteiger partial charge in [-0.25, -0.2) is 0 Å². The first-order valence-electron chi connectivity index (χ1n) is 6.47. The fourth-order valence-electron chi connectivity index (χ4n) is 2.29. The summed E-state index contributed by atoms with van der Waals surface area (Å²) in [7, 11) is 4.24. The SMILES string of the molecule is CC(CN(C)C)c1ccc(-c2ccccc2)cc1. The van der Waals surface area contributed by atoms with Crippen molar-refractivity contribution in [3.8, 4) is 11.1 Å². The van der Waals surface area contributed by atoms with Crippen molar-refractivity contribution < 1.29 is 0 Å². The number of likely N-dealkylation sites (N-methyl/N-ethyl adjacent to an activating group) is 1. The third kappa shape index (κ3) is 3.21. The molecule has 1 heteroatoms. The molecule has 0 N–H and O–H groups in total. The van der Waals surface area contributed by atoms with Crippen molar-refractivity contribution in [2.24, 2.45) is 0 Å². The second kappa shape index (κ2) is 5.83. The van der Waals surface area contributed by atoms with E-state index in [1.165, 1.54) is 16.7 Å². The normalized spacial score (nSPS) is 12.7. The Bertz CT molecular complexity index is 471. The van der Waals surface area contributed by atoms with Gasteiger partial charge in [-0.2, -0.15) is 0 Å². The molecule has 2 aromatic rings. The Morgan fingerprint density at radius 2 is 1.39 bits per heavy atom. The fraction of sp³-hybridized carbons (Fsp3) is 0.294. The van der Waals surface area contributed by atoms with E-state index in [2.05, 4.69) is 80.5 Å². The van der Waals surface area contributed by atoms with E-state index in [1.54, 1.807) is 0 Å². The van der Waals surface area contributed by atoms with E-state index in [0.29, 0.717) is 5.92 Å². The molecule has 0 fully saturated rings. The van der Waals surface area contributed by atoms with Gasteiger partial charge in [-0.1, -0.05) is 61.5 Å². The first-order valence-corrected chi connectivity index (χ1v) is 6.47. The Balaban J connectivity index is 2.15. The summed E-state index contributed by atoms with van der Waals surface area (Å²) in [4.78, 5) is 2.23. The van der Waals surface area contributed by atoms with Gasteiger partial charge in [-0.05, 0) is 36.7 Å². The Kier molecular flexibility index (Phi) is 4.16. The highest BCUT2D eigenvalue weighted by Crippen LogP contribution is 2.22. The molecule has 0 amide bonds. The summed E-state index contributed by atoms with van der Waals surface area (Å²) in [5.41, 5.74) is 3.98. The second-order valence-corrected chi connectivity index (χ2v) is 5.15. The number of nitrogens with zero attached hydrogens (tertiary/aromatic N) is 1. The van der Waals surface area contributed by atoms with Crippen LogP contribution in [0.15, 0.2) is 54.6 Å². The van der Waals surface area contributed by atoms with Gasteiger partial charge in [-0.15, -0.1) is 0 Å². The van der Waals surface area contributed by atoms with Gasteiger partial charge in [0.1, 0.15) is 0 Å². The molecule has 0 saturated carbocycles. The maximum Gasteiger partial charge on any atom is 0.00415 e. The van der Waals surface area contributed by atoms with Crippen LogP contribution in [-0.4, -0.2) is 25.5 Å². The van der Waals surface area contributed by atoms with Crippen LogP contribution in [-0.2, 0) is 0 Å². The van der Waals surface area contributed by atoms with Gasteiger partial charge in [0.25, 0.3) is 0 Å². The van der Waals surface area contributed by atoms with Crippen LogP contribution >= 0.6 is 0 Å². The van der Waals surface area contributed by atoms with Crippen LogP contribution in [0.2, 0.25) is 0 Å². The molecule has 0 bridgehead atoms. The summed E-state index contributed by atoms with van der Waals surface area (Å²) in [5, 5.41) is 0. The fourth-order valence-corrected chi connectivity index (χ4v) is 2.29. The predicted molar refractivity (Wildman–Crippen MR) is 78.8 cm³/mol. The maximum absolute atomic E-state index is 2.28. The molecular formula is C17H21N. The van der Waals surface area contributed by atoms with Crippen LogP contribution in [0, 0.1) is 0 Å².